The molecule has 0 saturated carbocycles. The van der Waals surface area contributed by atoms with Gasteiger partial charge in [0.25, 0.3) is 0 Å². The Morgan fingerprint density at radius 3 is 2.31 bits per heavy atom. The van der Waals surface area contributed by atoms with E-state index < -0.39 is 0 Å². The van der Waals surface area contributed by atoms with Gasteiger partial charge in [-0.1, -0.05) is 78.4 Å². The zero-order valence-corrected chi connectivity index (χ0v) is 12.1. The van der Waals surface area contributed by atoms with Crippen LogP contribution in [0.1, 0.15) is 56.1 Å². The number of hydrogen-bond donors (Lipinski definition) is 0. The molecule has 0 spiro atoms. The number of halogens is 1. The van der Waals surface area contributed by atoms with Gasteiger partial charge in [0.05, 0.1) is 0 Å². The first-order valence-electron chi connectivity index (χ1n) is 6.40. The molecular formula is C15H23Br. The molecular weight excluding hydrogens is 260 g/mol. The van der Waals surface area contributed by atoms with E-state index in [1.54, 1.807) is 0 Å². The van der Waals surface area contributed by atoms with Crippen molar-refractivity contribution in [3.05, 3.63) is 35.4 Å². The lowest BCUT2D eigenvalue weighted by Crippen LogP contribution is -2.00. The van der Waals surface area contributed by atoms with Crippen LogP contribution in [0.5, 0.6) is 0 Å². The van der Waals surface area contributed by atoms with E-state index in [1.165, 1.54) is 43.2 Å². The smallest absolute Gasteiger partial charge is 0.0100 e. The van der Waals surface area contributed by atoms with Crippen molar-refractivity contribution in [1.29, 1.82) is 0 Å². The predicted molar refractivity (Wildman–Crippen MR) is 76.5 cm³/mol. The Labute approximate surface area is 109 Å². The van der Waals surface area contributed by atoms with Crippen molar-refractivity contribution in [2.75, 3.05) is 5.33 Å². The van der Waals surface area contributed by atoms with Crippen LogP contribution in [0.3, 0.4) is 0 Å². The maximum Gasteiger partial charge on any atom is 0.0100 e. The maximum atomic E-state index is 3.64. The molecule has 1 heteroatoms. The molecule has 0 aliphatic carbocycles. The molecule has 0 heterocycles. The minimum Gasteiger partial charge on any atom is -0.0921 e. The predicted octanol–water partition coefficient (Wildman–Crippen LogP) is 5.44. The lowest BCUT2D eigenvalue weighted by Gasteiger charge is -2.14. The molecule has 0 nitrogen and oxygen atoms in total. The highest BCUT2D eigenvalue weighted by molar-refractivity contribution is 9.09. The summed E-state index contributed by atoms with van der Waals surface area (Å²) in [5, 5.41) is 1.09. The van der Waals surface area contributed by atoms with Crippen LogP contribution in [0.2, 0.25) is 0 Å². The van der Waals surface area contributed by atoms with Gasteiger partial charge in [0, 0.05) is 5.33 Å². The van der Waals surface area contributed by atoms with E-state index in [0.717, 1.165) is 5.33 Å². The van der Waals surface area contributed by atoms with Crippen LogP contribution in [0, 0.1) is 6.92 Å². The van der Waals surface area contributed by atoms with Crippen molar-refractivity contribution in [2.45, 2.75) is 51.9 Å². The highest BCUT2D eigenvalue weighted by Gasteiger charge is 2.09. The fourth-order valence-corrected chi connectivity index (χ4v) is 2.69. The second kappa shape index (κ2) is 7.89. The van der Waals surface area contributed by atoms with E-state index >= 15 is 0 Å². The van der Waals surface area contributed by atoms with Gasteiger partial charge < -0.3 is 0 Å². The highest BCUT2D eigenvalue weighted by atomic mass is 79.9. The van der Waals surface area contributed by atoms with Crippen LogP contribution in [0.4, 0.5) is 0 Å². The minimum absolute atomic E-state index is 0.692. The quantitative estimate of drug-likeness (QED) is 0.461. The van der Waals surface area contributed by atoms with Gasteiger partial charge in [-0.3, -0.25) is 0 Å². The Kier molecular flexibility index (Phi) is 6.79. The van der Waals surface area contributed by atoms with Gasteiger partial charge in [-0.25, -0.2) is 0 Å². The van der Waals surface area contributed by atoms with Gasteiger partial charge in [0.2, 0.25) is 0 Å². The Balaban J connectivity index is 2.44. The second-order valence-corrected chi connectivity index (χ2v) is 5.26. The molecule has 0 N–H and O–H groups in total. The summed E-state index contributed by atoms with van der Waals surface area (Å²) in [6.07, 6.45) is 6.75. The normalized spacial score (nSPS) is 12.7. The molecule has 1 rings (SSSR count). The molecule has 0 bridgehead atoms. The van der Waals surface area contributed by atoms with Crippen molar-refractivity contribution in [2.24, 2.45) is 0 Å². The number of hydrogen-bond acceptors (Lipinski definition) is 0. The topological polar surface area (TPSA) is 0 Å². The molecule has 0 amide bonds. The first kappa shape index (κ1) is 13.8. The van der Waals surface area contributed by atoms with E-state index in [2.05, 4.69) is 54.0 Å². The van der Waals surface area contributed by atoms with Gasteiger partial charge >= 0.3 is 0 Å². The zero-order chi connectivity index (χ0) is 11.8. The van der Waals surface area contributed by atoms with Crippen molar-refractivity contribution in [3.63, 3.8) is 0 Å². The standard InChI is InChI=1S/C15H23Br/c1-3-4-5-6-7-15(12-16)14-10-8-13(2)9-11-14/h8-11,15H,3-7,12H2,1-2H3. The fraction of sp³-hybridized carbons (Fsp3) is 0.600. The summed E-state index contributed by atoms with van der Waals surface area (Å²) in [6.45, 7) is 4.41. The number of benzene rings is 1. The van der Waals surface area contributed by atoms with Crippen LogP contribution in [-0.4, -0.2) is 5.33 Å². The molecule has 90 valence electrons. The molecule has 1 unspecified atom stereocenters. The van der Waals surface area contributed by atoms with E-state index in [0.29, 0.717) is 5.92 Å². The lowest BCUT2D eigenvalue weighted by molar-refractivity contribution is 0.585. The molecule has 1 aromatic carbocycles. The van der Waals surface area contributed by atoms with E-state index in [4.69, 9.17) is 0 Å². The SMILES string of the molecule is CCCCCCC(CBr)c1ccc(C)cc1. The molecule has 0 aliphatic heterocycles. The summed E-state index contributed by atoms with van der Waals surface area (Å²) in [5.41, 5.74) is 2.84. The van der Waals surface area contributed by atoms with Crippen LogP contribution in [0.15, 0.2) is 24.3 Å². The average Bonchev–Trinajstić information content (AvgIpc) is 2.31. The third-order valence-electron chi connectivity index (χ3n) is 3.14. The molecule has 0 radical (unpaired) electrons. The first-order chi connectivity index (χ1) is 7.77. The summed E-state index contributed by atoms with van der Waals surface area (Å²) in [6, 6.07) is 9.00. The molecule has 1 atom stereocenters. The molecule has 0 aliphatic rings. The first-order valence-corrected chi connectivity index (χ1v) is 7.52. The van der Waals surface area contributed by atoms with Gasteiger partial charge in [0.15, 0.2) is 0 Å². The maximum absolute atomic E-state index is 3.64. The van der Waals surface area contributed by atoms with E-state index in [9.17, 15) is 0 Å². The molecule has 0 saturated heterocycles. The molecule has 0 aromatic heterocycles. The van der Waals surface area contributed by atoms with Crippen molar-refractivity contribution >= 4 is 15.9 Å². The monoisotopic (exact) mass is 282 g/mol. The minimum atomic E-state index is 0.692. The summed E-state index contributed by atoms with van der Waals surface area (Å²) in [4.78, 5) is 0. The van der Waals surface area contributed by atoms with Gasteiger partial charge in [-0.2, -0.15) is 0 Å². The summed E-state index contributed by atoms with van der Waals surface area (Å²) < 4.78 is 0. The number of rotatable bonds is 7. The second-order valence-electron chi connectivity index (χ2n) is 4.61. The van der Waals surface area contributed by atoms with E-state index in [1.807, 2.05) is 0 Å². The van der Waals surface area contributed by atoms with Crippen LogP contribution < -0.4 is 0 Å². The van der Waals surface area contributed by atoms with Gasteiger partial charge in [0.1, 0.15) is 0 Å². The number of alkyl halides is 1. The Hall–Kier alpha value is -0.300. The van der Waals surface area contributed by atoms with Gasteiger partial charge in [-0.05, 0) is 24.8 Å². The van der Waals surface area contributed by atoms with Crippen LogP contribution in [0.25, 0.3) is 0 Å². The largest absolute Gasteiger partial charge is 0.0921 e. The summed E-state index contributed by atoms with van der Waals surface area (Å²) >= 11 is 3.64. The molecule has 0 fully saturated rings. The lowest BCUT2D eigenvalue weighted by atomic mass is 9.94. The van der Waals surface area contributed by atoms with E-state index in [-0.39, 0.29) is 0 Å². The van der Waals surface area contributed by atoms with Crippen LogP contribution in [-0.2, 0) is 0 Å². The number of aryl methyl sites for hydroxylation is 1. The fourth-order valence-electron chi connectivity index (χ4n) is 1.99. The number of unbranched alkanes of at least 4 members (excludes halogenated alkanes) is 3. The third-order valence-corrected chi connectivity index (χ3v) is 3.92. The zero-order valence-electron chi connectivity index (χ0n) is 10.5. The molecule has 16 heavy (non-hydrogen) atoms. The Morgan fingerprint density at radius 1 is 1.06 bits per heavy atom. The summed E-state index contributed by atoms with van der Waals surface area (Å²) in [7, 11) is 0. The Morgan fingerprint density at radius 2 is 1.75 bits per heavy atom. The van der Waals surface area contributed by atoms with Gasteiger partial charge in [-0.15, -0.1) is 0 Å². The average molecular weight is 283 g/mol. The Bertz CT molecular complexity index is 276. The third kappa shape index (κ3) is 4.69. The summed E-state index contributed by atoms with van der Waals surface area (Å²) in [5.74, 6) is 0.692. The molecule has 1 aromatic rings. The van der Waals surface area contributed by atoms with Crippen molar-refractivity contribution in [1.82, 2.24) is 0 Å². The van der Waals surface area contributed by atoms with Crippen molar-refractivity contribution < 1.29 is 0 Å². The van der Waals surface area contributed by atoms with Crippen molar-refractivity contribution in [3.8, 4) is 0 Å². The highest BCUT2D eigenvalue weighted by Crippen LogP contribution is 2.25. The van der Waals surface area contributed by atoms with Crippen LogP contribution >= 0.6 is 15.9 Å².